The lowest BCUT2D eigenvalue weighted by Gasteiger charge is -2.17. The minimum atomic E-state index is -0.477. The van der Waals surface area contributed by atoms with Crippen LogP contribution in [0.2, 0.25) is 0 Å². The summed E-state index contributed by atoms with van der Waals surface area (Å²) in [5.41, 5.74) is 4.03. The van der Waals surface area contributed by atoms with Crippen LogP contribution in [0.5, 0.6) is 5.75 Å². The van der Waals surface area contributed by atoms with Crippen molar-refractivity contribution < 1.29 is 4.74 Å². The molecular formula is C22H20N2O. The number of nitrogens with one attached hydrogen (secondary N) is 1. The van der Waals surface area contributed by atoms with Gasteiger partial charge in [0.1, 0.15) is 18.4 Å². The Labute approximate surface area is 148 Å². The van der Waals surface area contributed by atoms with E-state index in [4.69, 9.17) is 4.74 Å². The Kier molecular flexibility index (Phi) is 5.33. The molecule has 0 radical (unpaired) electrons. The van der Waals surface area contributed by atoms with E-state index in [0.29, 0.717) is 6.61 Å². The van der Waals surface area contributed by atoms with Gasteiger partial charge < -0.3 is 10.1 Å². The summed E-state index contributed by atoms with van der Waals surface area (Å²) in [6.07, 6.45) is 0. The highest BCUT2D eigenvalue weighted by molar-refractivity contribution is 5.51. The Morgan fingerprint density at radius 3 is 2.32 bits per heavy atom. The molecule has 3 heteroatoms. The number of benzene rings is 3. The first kappa shape index (κ1) is 16.6. The Bertz CT molecular complexity index is 851. The number of rotatable bonds is 6. The fourth-order valence-corrected chi connectivity index (χ4v) is 2.58. The third-order valence-electron chi connectivity index (χ3n) is 3.96. The first-order chi connectivity index (χ1) is 12.3. The number of anilines is 1. The third kappa shape index (κ3) is 4.39. The minimum absolute atomic E-state index is 0.473. The molecule has 1 N–H and O–H groups in total. The van der Waals surface area contributed by atoms with Crippen LogP contribution in [-0.4, -0.2) is 0 Å². The predicted octanol–water partition coefficient (Wildman–Crippen LogP) is 5.25. The zero-order chi connectivity index (χ0) is 17.5. The van der Waals surface area contributed by atoms with Gasteiger partial charge in [0.15, 0.2) is 0 Å². The molecule has 0 aliphatic carbocycles. The number of hydrogen-bond acceptors (Lipinski definition) is 3. The maximum atomic E-state index is 9.64. The fourth-order valence-electron chi connectivity index (χ4n) is 2.58. The molecule has 25 heavy (non-hydrogen) atoms. The van der Waals surface area contributed by atoms with Crippen LogP contribution in [0, 0.1) is 18.3 Å². The normalized spacial score (nSPS) is 11.4. The second-order valence-electron chi connectivity index (χ2n) is 5.88. The van der Waals surface area contributed by atoms with Crippen molar-refractivity contribution in [3.8, 4) is 11.8 Å². The quantitative estimate of drug-likeness (QED) is 0.672. The Morgan fingerprint density at radius 2 is 1.60 bits per heavy atom. The van der Waals surface area contributed by atoms with Gasteiger partial charge in [0.2, 0.25) is 0 Å². The summed E-state index contributed by atoms with van der Waals surface area (Å²) >= 11 is 0. The molecule has 0 spiro atoms. The molecule has 3 aromatic rings. The second-order valence-corrected chi connectivity index (χ2v) is 5.88. The van der Waals surface area contributed by atoms with Crippen LogP contribution >= 0.6 is 0 Å². The maximum absolute atomic E-state index is 9.64. The molecule has 0 aliphatic heterocycles. The molecule has 1 atom stereocenters. The van der Waals surface area contributed by atoms with E-state index in [-0.39, 0.29) is 0 Å². The van der Waals surface area contributed by atoms with E-state index in [9.17, 15) is 5.26 Å². The average molecular weight is 328 g/mol. The van der Waals surface area contributed by atoms with Crippen molar-refractivity contribution in [1.29, 1.82) is 5.26 Å². The summed E-state index contributed by atoms with van der Waals surface area (Å²) in [5.74, 6) is 0.720. The van der Waals surface area contributed by atoms with E-state index in [2.05, 4.69) is 11.4 Å². The van der Waals surface area contributed by atoms with E-state index >= 15 is 0 Å². The van der Waals surface area contributed by atoms with Crippen LogP contribution in [0.15, 0.2) is 78.9 Å². The fraction of sp³-hybridized carbons (Fsp3) is 0.136. The van der Waals surface area contributed by atoms with Crippen molar-refractivity contribution in [2.75, 3.05) is 5.32 Å². The molecule has 0 saturated carbocycles. The molecule has 0 amide bonds. The number of nitriles is 1. The molecule has 0 bridgehead atoms. The molecule has 0 fully saturated rings. The summed E-state index contributed by atoms with van der Waals surface area (Å²) in [7, 11) is 0. The maximum Gasteiger partial charge on any atom is 0.143 e. The molecule has 124 valence electrons. The smallest absolute Gasteiger partial charge is 0.143 e. The standard InChI is InChI=1S/C22H20N2O/c1-17-11-13-19(14-12-17)24-21(15-23)20-9-5-6-10-22(20)25-16-18-7-3-2-4-8-18/h2-14,21,24H,16H2,1H3/t21-/m1/s1. The first-order valence-electron chi connectivity index (χ1n) is 8.25. The van der Waals surface area contributed by atoms with Gasteiger partial charge in [-0.3, -0.25) is 0 Å². The summed E-state index contributed by atoms with van der Waals surface area (Å²) in [5, 5.41) is 12.9. The molecule has 3 rings (SSSR count). The summed E-state index contributed by atoms with van der Waals surface area (Å²) < 4.78 is 5.97. The van der Waals surface area contributed by atoms with Gasteiger partial charge in [-0.05, 0) is 30.7 Å². The zero-order valence-electron chi connectivity index (χ0n) is 14.1. The van der Waals surface area contributed by atoms with E-state index in [0.717, 1.165) is 22.6 Å². The van der Waals surface area contributed by atoms with Gasteiger partial charge in [-0.2, -0.15) is 5.26 Å². The number of nitrogens with zero attached hydrogens (tertiary/aromatic N) is 1. The van der Waals surface area contributed by atoms with E-state index in [1.54, 1.807) is 0 Å². The first-order valence-corrected chi connectivity index (χ1v) is 8.25. The lowest BCUT2D eigenvalue weighted by Crippen LogP contribution is -2.10. The molecule has 0 aromatic heterocycles. The number of aryl methyl sites for hydroxylation is 1. The lowest BCUT2D eigenvalue weighted by atomic mass is 10.1. The van der Waals surface area contributed by atoms with Gasteiger partial charge in [0.05, 0.1) is 6.07 Å². The highest BCUT2D eigenvalue weighted by atomic mass is 16.5. The van der Waals surface area contributed by atoms with E-state index < -0.39 is 6.04 Å². The van der Waals surface area contributed by atoms with E-state index in [1.807, 2.05) is 85.8 Å². The van der Waals surface area contributed by atoms with Crippen molar-refractivity contribution >= 4 is 5.69 Å². The van der Waals surface area contributed by atoms with Crippen molar-refractivity contribution in [2.45, 2.75) is 19.6 Å². The molecule has 3 aromatic carbocycles. The summed E-state index contributed by atoms with van der Waals surface area (Å²) in [4.78, 5) is 0. The van der Waals surface area contributed by atoms with Crippen LogP contribution in [0.1, 0.15) is 22.7 Å². The van der Waals surface area contributed by atoms with Crippen molar-refractivity contribution in [1.82, 2.24) is 0 Å². The van der Waals surface area contributed by atoms with Crippen LogP contribution in [0.25, 0.3) is 0 Å². The molecular weight excluding hydrogens is 308 g/mol. The largest absolute Gasteiger partial charge is 0.489 e. The monoisotopic (exact) mass is 328 g/mol. The SMILES string of the molecule is Cc1ccc(N[C@H](C#N)c2ccccc2OCc2ccccc2)cc1. The number of para-hydroxylation sites is 1. The Balaban J connectivity index is 1.78. The topological polar surface area (TPSA) is 45.0 Å². The zero-order valence-corrected chi connectivity index (χ0v) is 14.1. The van der Waals surface area contributed by atoms with Gasteiger partial charge in [-0.25, -0.2) is 0 Å². The Morgan fingerprint density at radius 1 is 0.920 bits per heavy atom. The van der Waals surface area contributed by atoms with Gasteiger partial charge in [-0.1, -0.05) is 66.2 Å². The number of ether oxygens (including phenoxy) is 1. The minimum Gasteiger partial charge on any atom is -0.489 e. The van der Waals surface area contributed by atoms with Crippen molar-refractivity contribution in [3.05, 3.63) is 95.6 Å². The Hall–Kier alpha value is -3.25. The highest BCUT2D eigenvalue weighted by Gasteiger charge is 2.15. The van der Waals surface area contributed by atoms with Crippen molar-refractivity contribution in [2.24, 2.45) is 0 Å². The summed E-state index contributed by atoms with van der Waals surface area (Å²) in [6.45, 7) is 2.51. The molecule has 0 heterocycles. The molecule has 3 nitrogen and oxygen atoms in total. The van der Waals surface area contributed by atoms with Crippen LogP contribution < -0.4 is 10.1 Å². The molecule has 0 aliphatic rings. The predicted molar refractivity (Wildman–Crippen MR) is 100 cm³/mol. The third-order valence-corrected chi connectivity index (χ3v) is 3.96. The van der Waals surface area contributed by atoms with Crippen LogP contribution in [0.3, 0.4) is 0 Å². The van der Waals surface area contributed by atoms with Crippen LogP contribution in [0.4, 0.5) is 5.69 Å². The van der Waals surface area contributed by atoms with Gasteiger partial charge in [0, 0.05) is 11.3 Å². The average Bonchev–Trinajstić information content (AvgIpc) is 2.67. The molecule has 0 saturated heterocycles. The highest BCUT2D eigenvalue weighted by Crippen LogP contribution is 2.28. The van der Waals surface area contributed by atoms with Crippen LogP contribution in [-0.2, 0) is 6.61 Å². The molecule has 0 unspecified atom stereocenters. The number of hydrogen-bond donors (Lipinski definition) is 1. The van der Waals surface area contributed by atoms with Gasteiger partial charge in [0.25, 0.3) is 0 Å². The lowest BCUT2D eigenvalue weighted by molar-refractivity contribution is 0.302. The van der Waals surface area contributed by atoms with Gasteiger partial charge >= 0.3 is 0 Å². The second kappa shape index (κ2) is 8.03. The van der Waals surface area contributed by atoms with Crippen molar-refractivity contribution in [3.63, 3.8) is 0 Å². The summed E-state index contributed by atoms with van der Waals surface area (Å²) in [6, 6.07) is 27.5. The van der Waals surface area contributed by atoms with E-state index in [1.165, 1.54) is 5.56 Å². The van der Waals surface area contributed by atoms with Gasteiger partial charge in [-0.15, -0.1) is 0 Å².